The molecule has 3 aromatic rings. The highest BCUT2D eigenvalue weighted by Gasteiger charge is 2.14. The Morgan fingerprint density at radius 2 is 1.90 bits per heavy atom. The molecule has 0 aliphatic heterocycles. The predicted octanol–water partition coefficient (Wildman–Crippen LogP) is 3.29. The van der Waals surface area contributed by atoms with Crippen LogP contribution in [0.5, 0.6) is 0 Å². The predicted molar refractivity (Wildman–Crippen MR) is 85.0 cm³/mol. The number of benzene rings is 2. The third-order valence-electron chi connectivity index (χ3n) is 3.62. The van der Waals surface area contributed by atoms with E-state index >= 15 is 0 Å². The maximum Gasteiger partial charge on any atom is 0.130 e. The molecule has 0 saturated carbocycles. The van der Waals surface area contributed by atoms with Crippen molar-refractivity contribution in [1.82, 2.24) is 9.55 Å². The van der Waals surface area contributed by atoms with E-state index in [2.05, 4.69) is 46.8 Å². The summed E-state index contributed by atoms with van der Waals surface area (Å²) in [5, 5.41) is 0. The van der Waals surface area contributed by atoms with Gasteiger partial charge in [-0.1, -0.05) is 60.2 Å². The molecular formula is C18H19N3. The lowest BCUT2D eigenvalue weighted by atomic mass is 10.0. The highest BCUT2D eigenvalue weighted by atomic mass is 15.1. The number of hydrogen-bond acceptors (Lipinski definition) is 2. The second kappa shape index (κ2) is 5.94. The number of nitrogens with two attached hydrogens (primary N) is 1. The van der Waals surface area contributed by atoms with Crippen molar-refractivity contribution in [3.05, 3.63) is 89.5 Å². The van der Waals surface area contributed by atoms with Crippen molar-refractivity contribution in [3.8, 4) is 0 Å². The molecule has 2 N–H and O–H groups in total. The number of aryl methyl sites for hydroxylation is 1. The quantitative estimate of drug-likeness (QED) is 0.795. The molecule has 21 heavy (non-hydrogen) atoms. The minimum atomic E-state index is -0.205. The SMILES string of the molecule is Cc1cccc(C(N)c2nccn2Cc2ccccc2)c1. The summed E-state index contributed by atoms with van der Waals surface area (Å²) >= 11 is 0. The van der Waals surface area contributed by atoms with E-state index < -0.39 is 0 Å². The van der Waals surface area contributed by atoms with Gasteiger partial charge in [-0.2, -0.15) is 0 Å². The maximum absolute atomic E-state index is 6.40. The molecular weight excluding hydrogens is 258 g/mol. The highest BCUT2D eigenvalue weighted by Crippen LogP contribution is 2.20. The van der Waals surface area contributed by atoms with Gasteiger partial charge in [-0.05, 0) is 18.1 Å². The van der Waals surface area contributed by atoms with Gasteiger partial charge in [-0.25, -0.2) is 4.98 Å². The lowest BCUT2D eigenvalue weighted by Gasteiger charge is -2.15. The summed E-state index contributed by atoms with van der Waals surface area (Å²) in [5.41, 5.74) is 9.95. The van der Waals surface area contributed by atoms with Crippen molar-refractivity contribution in [1.29, 1.82) is 0 Å². The molecule has 1 unspecified atom stereocenters. The van der Waals surface area contributed by atoms with E-state index in [4.69, 9.17) is 5.73 Å². The van der Waals surface area contributed by atoms with Crippen LogP contribution in [0.2, 0.25) is 0 Å². The molecule has 0 radical (unpaired) electrons. The fourth-order valence-electron chi connectivity index (χ4n) is 2.53. The molecule has 0 spiro atoms. The molecule has 106 valence electrons. The number of rotatable bonds is 4. The average molecular weight is 277 g/mol. The Kier molecular flexibility index (Phi) is 3.84. The Morgan fingerprint density at radius 1 is 1.10 bits per heavy atom. The summed E-state index contributed by atoms with van der Waals surface area (Å²) in [6.07, 6.45) is 3.80. The van der Waals surface area contributed by atoms with Crippen LogP contribution in [0.15, 0.2) is 67.0 Å². The maximum atomic E-state index is 6.40. The molecule has 0 bridgehead atoms. The van der Waals surface area contributed by atoms with Gasteiger partial charge in [-0.15, -0.1) is 0 Å². The standard InChI is InChI=1S/C18H19N3/c1-14-6-5-9-16(12-14)17(19)18-20-10-11-21(18)13-15-7-3-2-4-8-15/h2-12,17H,13,19H2,1H3. The van der Waals surface area contributed by atoms with Crippen LogP contribution in [-0.2, 0) is 6.54 Å². The second-order valence-electron chi connectivity index (χ2n) is 5.29. The summed E-state index contributed by atoms with van der Waals surface area (Å²) in [6.45, 7) is 2.86. The van der Waals surface area contributed by atoms with Gasteiger partial charge in [0.1, 0.15) is 5.82 Å². The fraction of sp³-hybridized carbons (Fsp3) is 0.167. The molecule has 0 aliphatic rings. The Bertz CT molecular complexity index is 716. The van der Waals surface area contributed by atoms with Crippen LogP contribution in [0.1, 0.15) is 28.6 Å². The Balaban J connectivity index is 1.88. The number of aromatic nitrogens is 2. The van der Waals surface area contributed by atoms with Crippen molar-refractivity contribution in [2.45, 2.75) is 19.5 Å². The molecule has 1 aromatic heterocycles. The van der Waals surface area contributed by atoms with Gasteiger partial charge in [0.05, 0.1) is 6.04 Å². The molecule has 0 aliphatic carbocycles. The van der Waals surface area contributed by atoms with Crippen LogP contribution in [0.3, 0.4) is 0 Å². The molecule has 2 aromatic carbocycles. The van der Waals surface area contributed by atoms with E-state index in [0.717, 1.165) is 17.9 Å². The van der Waals surface area contributed by atoms with Gasteiger partial charge in [0.25, 0.3) is 0 Å². The molecule has 3 heteroatoms. The minimum Gasteiger partial charge on any atom is -0.329 e. The van der Waals surface area contributed by atoms with Gasteiger partial charge < -0.3 is 10.3 Å². The Hall–Kier alpha value is -2.39. The Morgan fingerprint density at radius 3 is 2.67 bits per heavy atom. The zero-order chi connectivity index (χ0) is 14.7. The van der Waals surface area contributed by atoms with E-state index in [1.807, 2.05) is 36.7 Å². The summed E-state index contributed by atoms with van der Waals surface area (Å²) in [7, 11) is 0. The van der Waals surface area contributed by atoms with Crippen LogP contribution in [0.25, 0.3) is 0 Å². The van der Waals surface area contributed by atoms with Gasteiger partial charge in [0.15, 0.2) is 0 Å². The molecule has 3 nitrogen and oxygen atoms in total. The van der Waals surface area contributed by atoms with Gasteiger partial charge >= 0.3 is 0 Å². The van der Waals surface area contributed by atoms with Crippen LogP contribution in [-0.4, -0.2) is 9.55 Å². The first-order valence-corrected chi connectivity index (χ1v) is 7.11. The molecule has 1 atom stereocenters. The van der Waals surface area contributed by atoms with E-state index in [-0.39, 0.29) is 6.04 Å². The van der Waals surface area contributed by atoms with Gasteiger partial charge in [0, 0.05) is 18.9 Å². The number of imidazole rings is 1. The van der Waals surface area contributed by atoms with E-state index in [1.165, 1.54) is 11.1 Å². The summed E-state index contributed by atoms with van der Waals surface area (Å²) < 4.78 is 2.11. The summed E-state index contributed by atoms with van der Waals surface area (Å²) in [6, 6.07) is 18.4. The normalized spacial score (nSPS) is 12.3. The highest BCUT2D eigenvalue weighted by molar-refractivity contribution is 5.29. The zero-order valence-corrected chi connectivity index (χ0v) is 12.1. The van der Waals surface area contributed by atoms with E-state index in [9.17, 15) is 0 Å². The van der Waals surface area contributed by atoms with Crippen molar-refractivity contribution in [2.75, 3.05) is 0 Å². The van der Waals surface area contributed by atoms with Gasteiger partial charge in [-0.3, -0.25) is 0 Å². The molecule has 1 heterocycles. The smallest absolute Gasteiger partial charge is 0.130 e. The van der Waals surface area contributed by atoms with Crippen molar-refractivity contribution >= 4 is 0 Å². The summed E-state index contributed by atoms with van der Waals surface area (Å²) in [5.74, 6) is 0.893. The minimum absolute atomic E-state index is 0.205. The van der Waals surface area contributed by atoms with Crippen molar-refractivity contribution in [2.24, 2.45) is 5.73 Å². The first kappa shape index (κ1) is 13.6. The monoisotopic (exact) mass is 277 g/mol. The lowest BCUT2D eigenvalue weighted by molar-refractivity contribution is 0.674. The number of hydrogen-bond donors (Lipinski definition) is 1. The largest absolute Gasteiger partial charge is 0.329 e. The third-order valence-corrected chi connectivity index (χ3v) is 3.62. The first-order valence-electron chi connectivity index (χ1n) is 7.11. The van der Waals surface area contributed by atoms with E-state index in [0.29, 0.717) is 0 Å². The number of nitrogens with zero attached hydrogens (tertiary/aromatic N) is 2. The Labute approximate surface area is 125 Å². The molecule has 0 amide bonds. The van der Waals surface area contributed by atoms with Crippen LogP contribution >= 0.6 is 0 Å². The fourth-order valence-corrected chi connectivity index (χ4v) is 2.53. The van der Waals surface area contributed by atoms with Crippen molar-refractivity contribution in [3.63, 3.8) is 0 Å². The van der Waals surface area contributed by atoms with Crippen LogP contribution < -0.4 is 5.73 Å². The molecule has 0 fully saturated rings. The summed E-state index contributed by atoms with van der Waals surface area (Å²) in [4.78, 5) is 4.46. The third kappa shape index (κ3) is 3.03. The second-order valence-corrected chi connectivity index (χ2v) is 5.29. The van der Waals surface area contributed by atoms with Crippen LogP contribution in [0.4, 0.5) is 0 Å². The van der Waals surface area contributed by atoms with Crippen LogP contribution in [0, 0.1) is 6.92 Å². The zero-order valence-electron chi connectivity index (χ0n) is 12.1. The topological polar surface area (TPSA) is 43.8 Å². The van der Waals surface area contributed by atoms with Crippen molar-refractivity contribution < 1.29 is 0 Å². The molecule has 3 rings (SSSR count). The van der Waals surface area contributed by atoms with Gasteiger partial charge in [0.2, 0.25) is 0 Å². The average Bonchev–Trinajstić information content (AvgIpc) is 2.95. The lowest BCUT2D eigenvalue weighted by Crippen LogP contribution is -2.18. The molecule has 0 saturated heterocycles. The van der Waals surface area contributed by atoms with E-state index in [1.54, 1.807) is 0 Å². The first-order chi connectivity index (χ1) is 10.2.